The van der Waals surface area contributed by atoms with Crippen LogP contribution in [0.5, 0.6) is 5.75 Å². The van der Waals surface area contributed by atoms with Crippen LogP contribution in [0.3, 0.4) is 0 Å². The topological polar surface area (TPSA) is 29.5 Å². The monoisotopic (exact) mass is 412 g/mol. The molecule has 0 heterocycles. The molecule has 4 heteroatoms. The zero-order valence-electron chi connectivity index (χ0n) is 14.1. The van der Waals surface area contributed by atoms with E-state index in [-0.39, 0.29) is 5.56 Å². The van der Waals surface area contributed by atoms with Gasteiger partial charge < -0.3 is 9.84 Å². The van der Waals surface area contributed by atoms with Gasteiger partial charge in [-0.25, -0.2) is 4.39 Å². The molecule has 26 heavy (non-hydrogen) atoms. The van der Waals surface area contributed by atoms with E-state index in [1.54, 1.807) is 6.07 Å². The van der Waals surface area contributed by atoms with E-state index >= 15 is 0 Å². The van der Waals surface area contributed by atoms with Crippen molar-refractivity contribution in [2.24, 2.45) is 0 Å². The molecule has 0 spiro atoms. The van der Waals surface area contributed by atoms with Crippen LogP contribution in [-0.4, -0.2) is 5.11 Å². The van der Waals surface area contributed by atoms with Crippen molar-refractivity contribution in [2.45, 2.75) is 25.6 Å². The second-order valence-corrected chi connectivity index (χ2v) is 7.36. The van der Waals surface area contributed by atoms with E-state index in [4.69, 9.17) is 4.74 Å². The van der Waals surface area contributed by atoms with E-state index in [0.29, 0.717) is 22.4 Å². The first-order valence-corrected chi connectivity index (χ1v) is 9.36. The van der Waals surface area contributed by atoms with Gasteiger partial charge in [-0.2, -0.15) is 0 Å². The summed E-state index contributed by atoms with van der Waals surface area (Å²) in [6.07, 6.45) is 1.10. The molecular formula is C22H18BrFO2. The van der Waals surface area contributed by atoms with Gasteiger partial charge in [0.1, 0.15) is 24.3 Å². The molecule has 3 aromatic rings. The number of rotatable bonds is 5. The van der Waals surface area contributed by atoms with Crippen molar-refractivity contribution in [3.05, 3.63) is 98.8 Å². The van der Waals surface area contributed by atoms with Crippen LogP contribution < -0.4 is 4.74 Å². The minimum Gasteiger partial charge on any atom is -0.488 e. The van der Waals surface area contributed by atoms with Gasteiger partial charge in [-0.15, -0.1) is 0 Å². The number of aliphatic hydroxyl groups is 1. The van der Waals surface area contributed by atoms with Crippen molar-refractivity contribution in [3.8, 4) is 5.75 Å². The molecule has 1 atom stereocenters. The van der Waals surface area contributed by atoms with Gasteiger partial charge >= 0.3 is 0 Å². The van der Waals surface area contributed by atoms with Gasteiger partial charge in [0, 0.05) is 11.6 Å². The van der Waals surface area contributed by atoms with Crippen molar-refractivity contribution in [1.82, 2.24) is 0 Å². The van der Waals surface area contributed by atoms with Crippen molar-refractivity contribution >= 4 is 15.9 Å². The largest absolute Gasteiger partial charge is 0.488 e. The molecule has 1 aliphatic rings. The minimum absolute atomic E-state index is 0.239. The number of halogens is 2. The highest BCUT2D eigenvalue weighted by atomic mass is 79.9. The highest BCUT2D eigenvalue weighted by molar-refractivity contribution is 9.10. The number of aliphatic hydroxyl groups excluding tert-OH is 1. The van der Waals surface area contributed by atoms with Crippen molar-refractivity contribution < 1.29 is 14.2 Å². The Morgan fingerprint density at radius 2 is 1.77 bits per heavy atom. The molecule has 1 N–H and O–H groups in total. The first-order chi connectivity index (χ1) is 12.6. The Labute approximate surface area is 160 Å². The number of ether oxygens (including phenoxy) is 1. The molecule has 132 valence electrons. The van der Waals surface area contributed by atoms with Gasteiger partial charge in [-0.1, -0.05) is 48.5 Å². The molecule has 0 saturated heterocycles. The molecule has 1 aliphatic carbocycles. The lowest BCUT2D eigenvalue weighted by atomic mass is 9.85. The lowest BCUT2D eigenvalue weighted by Gasteiger charge is -2.22. The smallest absolute Gasteiger partial charge is 0.136 e. The molecule has 1 unspecified atom stereocenters. The Morgan fingerprint density at radius 1 is 1.00 bits per heavy atom. The quantitative estimate of drug-likeness (QED) is 0.611. The summed E-state index contributed by atoms with van der Waals surface area (Å²) in [6.45, 7) is 0.353. The van der Waals surface area contributed by atoms with Crippen LogP contribution in [0.15, 0.2) is 65.1 Å². The summed E-state index contributed by atoms with van der Waals surface area (Å²) in [5.41, 5.74) is 4.51. The van der Waals surface area contributed by atoms with E-state index in [2.05, 4.69) is 15.9 Å². The Balaban J connectivity index is 1.55. The van der Waals surface area contributed by atoms with E-state index in [1.807, 2.05) is 48.5 Å². The molecule has 0 radical (unpaired) electrons. The fourth-order valence-corrected chi connectivity index (χ4v) is 3.64. The van der Waals surface area contributed by atoms with E-state index in [9.17, 15) is 9.50 Å². The summed E-state index contributed by atoms with van der Waals surface area (Å²) in [5, 5.41) is 10.6. The molecule has 0 aromatic heterocycles. The van der Waals surface area contributed by atoms with E-state index in [0.717, 1.165) is 18.4 Å². The molecule has 2 nitrogen and oxygen atoms in total. The van der Waals surface area contributed by atoms with Gasteiger partial charge in [0.15, 0.2) is 0 Å². The standard InChI is InChI=1S/C22H18BrFO2/c23-19-11-18(22(25)17-9-7-15-6-8-16(15)10-17)20(24)12-21(19)26-13-14-4-2-1-3-5-14/h1-5,7,9-12,22,25H,6,8,13H2. The van der Waals surface area contributed by atoms with Crippen molar-refractivity contribution in [2.75, 3.05) is 0 Å². The number of hydrogen-bond donors (Lipinski definition) is 1. The van der Waals surface area contributed by atoms with E-state index < -0.39 is 11.9 Å². The van der Waals surface area contributed by atoms with Crippen LogP contribution in [0.25, 0.3) is 0 Å². The lowest BCUT2D eigenvalue weighted by Crippen LogP contribution is -2.11. The van der Waals surface area contributed by atoms with Gasteiger partial charge in [0.2, 0.25) is 0 Å². The molecule has 4 rings (SSSR count). The maximum atomic E-state index is 14.6. The van der Waals surface area contributed by atoms with Gasteiger partial charge in [0.05, 0.1) is 4.47 Å². The summed E-state index contributed by atoms with van der Waals surface area (Å²) in [7, 11) is 0. The minimum atomic E-state index is -1.000. The average Bonchev–Trinajstić information content (AvgIpc) is 2.63. The van der Waals surface area contributed by atoms with Crippen LogP contribution in [0, 0.1) is 5.82 Å². The Kier molecular flexibility index (Phi) is 4.79. The highest BCUT2D eigenvalue weighted by Crippen LogP contribution is 2.35. The summed E-state index contributed by atoms with van der Waals surface area (Å²) >= 11 is 3.43. The zero-order chi connectivity index (χ0) is 18.1. The lowest BCUT2D eigenvalue weighted by molar-refractivity contribution is 0.214. The number of fused-ring (bicyclic) bond motifs is 1. The third-order valence-electron chi connectivity index (χ3n) is 4.79. The van der Waals surface area contributed by atoms with Crippen LogP contribution in [0.4, 0.5) is 4.39 Å². The molecule has 0 saturated carbocycles. The predicted octanol–water partition coefficient (Wildman–Crippen LogP) is 5.35. The van der Waals surface area contributed by atoms with Gasteiger partial charge in [-0.3, -0.25) is 0 Å². The first-order valence-electron chi connectivity index (χ1n) is 8.57. The Bertz CT molecular complexity index is 940. The predicted molar refractivity (Wildman–Crippen MR) is 103 cm³/mol. The Morgan fingerprint density at radius 3 is 2.46 bits per heavy atom. The molecule has 0 fully saturated rings. The maximum absolute atomic E-state index is 14.6. The summed E-state index contributed by atoms with van der Waals surface area (Å²) in [6, 6.07) is 18.5. The number of aryl methyl sites for hydroxylation is 2. The van der Waals surface area contributed by atoms with Gasteiger partial charge in [0.25, 0.3) is 0 Å². The molecule has 0 aliphatic heterocycles. The fraction of sp³-hybridized carbons (Fsp3) is 0.182. The highest BCUT2D eigenvalue weighted by Gasteiger charge is 2.21. The van der Waals surface area contributed by atoms with Crippen molar-refractivity contribution in [3.63, 3.8) is 0 Å². The van der Waals surface area contributed by atoms with Crippen LogP contribution >= 0.6 is 15.9 Å². The molecule has 3 aromatic carbocycles. The number of benzene rings is 3. The third kappa shape index (κ3) is 3.39. The summed E-state index contributed by atoms with van der Waals surface area (Å²) < 4.78 is 21.0. The first kappa shape index (κ1) is 17.3. The summed E-state index contributed by atoms with van der Waals surface area (Å²) in [4.78, 5) is 0. The third-order valence-corrected chi connectivity index (χ3v) is 5.41. The second kappa shape index (κ2) is 7.22. The molecular weight excluding hydrogens is 395 g/mol. The van der Waals surface area contributed by atoms with E-state index in [1.165, 1.54) is 17.2 Å². The van der Waals surface area contributed by atoms with Crippen LogP contribution in [-0.2, 0) is 19.4 Å². The maximum Gasteiger partial charge on any atom is 0.136 e. The van der Waals surface area contributed by atoms with Gasteiger partial charge in [-0.05, 0) is 57.1 Å². The average molecular weight is 413 g/mol. The summed E-state index contributed by atoms with van der Waals surface area (Å²) in [5.74, 6) is -0.0640. The molecule has 0 amide bonds. The molecule has 0 bridgehead atoms. The van der Waals surface area contributed by atoms with Crippen molar-refractivity contribution in [1.29, 1.82) is 0 Å². The second-order valence-electron chi connectivity index (χ2n) is 6.51. The SMILES string of the molecule is OC(c1ccc2c(c1)CC2)c1cc(Br)c(OCc2ccccc2)cc1F. The number of hydrogen-bond acceptors (Lipinski definition) is 2. The normalized spacial score (nSPS) is 13.7. The zero-order valence-corrected chi connectivity index (χ0v) is 15.7. The Hall–Kier alpha value is -2.17. The van der Waals surface area contributed by atoms with Crippen LogP contribution in [0.1, 0.15) is 33.9 Å². The fourth-order valence-electron chi connectivity index (χ4n) is 3.16. The van der Waals surface area contributed by atoms with Crippen LogP contribution in [0.2, 0.25) is 0 Å².